The van der Waals surface area contributed by atoms with Gasteiger partial charge in [0.1, 0.15) is 0 Å². The Hall–Kier alpha value is 2.00. The zero-order chi connectivity index (χ0) is 9.46. The van der Waals surface area contributed by atoms with Crippen LogP contribution in [0.2, 0.25) is 0 Å². The van der Waals surface area contributed by atoms with Gasteiger partial charge in [-0.15, -0.1) is 0 Å². The summed E-state index contributed by atoms with van der Waals surface area (Å²) in [6.07, 6.45) is 0. The molecule has 0 amide bonds. The van der Waals surface area contributed by atoms with Crippen molar-refractivity contribution in [2.75, 3.05) is 0 Å². The lowest BCUT2D eigenvalue weighted by atomic mass is 10.3. The van der Waals surface area contributed by atoms with E-state index in [9.17, 15) is 8.78 Å². The van der Waals surface area contributed by atoms with Gasteiger partial charge in [0.2, 0.25) is 0 Å². The molecule has 1 aromatic rings. The molecule has 0 unspecified atom stereocenters. The van der Waals surface area contributed by atoms with Gasteiger partial charge < -0.3 is 0 Å². The van der Waals surface area contributed by atoms with Gasteiger partial charge in [0.05, 0.1) is 10.7 Å². The van der Waals surface area contributed by atoms with Crippen molar-refractivity contribution in [2.45, 2.75) is 0 Å². The molecule has 0 fully saturated rings. The predicted molar refractivity (Wildman–Crippen MR) is 77.2 cm³/mol. The number of hydrogen-bond acceptors (Lipinski definition) is 0. The summed E-state index contributed by atoms with van der Waals surface area (Å²) >= 11 is 7.37. The van der Waals surface area contributed by atoms with Crippen LogP contribution in [0.3, 0.4) is 0 Å². The van der Waals surface area contributed by atoms with E-state index in [0.717, 1.165) is 0 Å². The van der Waals surface area contributed by atoms with Gasteiger partial charge in [-0.25, -0.2) is 8.78 Å². The first-order chi connectivity index (χ1) is 5.46. The van der Waals surface area contributed by atoms with Crippen molar-refractivity contribution in [1.82, 2.24) is 0 Å². The average Bonchev–Trinajstić information content (AvgIpc) is 2.08. The summed E-state index contributed by atoms with van der Waals surface area (Å²) in [6, 6.07) is 0. The zero-order valence-electron chi connectivity index (χ0n) is 5.27. The topological polar surface area (TPSA) is 0 Å². The van der Waals surface area contributed by atoms with E-state index < -0.39 is 11.6 Å². The highest BCUT2D eigenvalue weighted by Gasteiger charge is 2.18. The van der Waals surface area contributed by atoms with Gasteiger partial charge >= 0.3 is 0 Å². The third-order valence-corrected chi connectivity index (χ3v) is 7.27. The first kappa shape index (κ1) is 12.1. The Kier molecular flexibility index (Phi) is 4.71. The van der Waals surface area contributed by atoms with E-state index in [2.05, 4.69) is 0 Å². The standard InChI is InChI=1S/C6F2I4/c7-1-3(9)2(8)5(11)6(12)4(1)10. The van der Waals surface area contributed by atoms with Gasteiger partial charge in [-0.3, -0.25) is 0 Å². The van der Waals surface area contributed by atoms with Crippen LogP contribution in [0.1, 0.15) is 0 Å². The van der Waals surface area contributed by atoms with E-state index in [-0.39, 0.29) is 3.57 Å². The van der Waals surface area contributed by atoms with Gasteiger partial charge in [0.25, 0.3) is 0 Å². The Balaban J connectivity index is 3.60. The quantitative estimate of drug-likeness (QED) is 0.231. The molecule has 0 nitrogen and oxygen atoms in total. The SMILES string of the molecule is Fc1c(I)c(F)c(I)c(I)c1I. The minimum atomic E-state index is -0.460. The van der Waals surface area contributed by atoms with Crippen LogP contribution < -0.4 is 0 Å². The van der Waals surface area contributed by atoms with Crippen molar-refractivity contribution in [2.24, 2.45) is 0 Å². The van der Waals surface area contributed by atoms with E-state index in [1.807, 2.05) is 67.8 Å². The Labute approximate surface area is 123 Å². The number of benzene rings is 1. The van der Waals surface area contributed by atoms with Gasteiger partial charge in [-0.1, -0.05) is 0 Å². The Morgan fingerprint density at radius 2 is 0.917 bits per heavy atom. The Morgan fingerprint density at radius 3 is 1.25 bits per heavy atom. The highest BCUT2D eigenvalue weighted by Crippen LogP contribution is 2.30. The van der Waals surface area contributed by atoms with Crippen LogP contribution in [-0.2, 0) is 0 Å². The first-order valence-corrected chi connectivity index (χ1v) is 6.95. The molecule has 0 N–H and O–H groups in total. The second-order valence-corrected chi connectivity index (χ2v) is 6.20. The van der Waals surface area contributed by atoms with Crippen LogP contribution in [0.15, 0.2) is 0 Å². The molecule has 0 radical (unpaired) electrons. The van der Waals surface area contributed by atoms with Crippen LogP contribution in [0.5, 0.6) is 0 Å². The molecule has 0 atom stereocenters. The maximum absolute atomic E-state index is 13.2. The second kappa shape index (κ2) is 4.68. The summed E-state index contributed by atoms with van der Waals surface area (Å²) in [7, 11) is 0. The van der Waals surface area contributed by atoms with E-state index >= 15 is 0 Å². The first-order valence-electron chi connectivity index (χ1n) is 2.63. The molecule has 1 aromatic carbocycles. The van der Waals surface area contributed by atoms with Gasteiger partial charge in [-0.2, -0.15) is 0 Å². The molecule has 0 saturated heterocycles. The summed E-state index contributed by atoms with van der Waals surface area (Å²) in [4.78, 5) is 0. The minimum Gasteiger partial charge on any atom is -0.205 e. The van der Waals surface area contributed by atoms with Crippen LogP contribution in [0.25, 0.3) is 0 Å². The Morgan fingerprint density at radius 1 is 0.583 bits per heavy atom. The molecule has 0 aliphatic rings. The van der Waals surface area contributed by atoms with Crippen molar-refractivity contribution in [3.8, 4) is 0 Å². The summed E-state index contributed by atoms with van der Waals surface area (Å²) in [6.45, 7) is 0. The van der Waals surface area contributed by atoms with Crippen molar-refractivity contribution in [3.63, 3.8) is 0 Å². The summed E-state index contributed by atoms with van der Waals surface area (Å²) < 4.78 is 28.0. The molecule has 66 valence electrons. The fourth-order valence-electron chi connectivity index (χ4n) is 0.578. The zero-order valence-corrected chi connectivity index (χ0v) is 13.9. The molecule has 0 saturated carbocycles. The molecule has 0 heterocycles. The molecule has 0 bridgehead atoms. The molecule has 6 heteroatoms. The van der Waals surface area contributed by atoms with Crippen LogP contribution >= 0.6 is 90.4 Å². The molecule has 0 aromatic heterocycles. The van der Waals surface area contributed by atoms with Crippen molar-refractivity contribution in [1.29, 1.82) is 0 Å². The number of halogens is 6. The van der Waals surface area contributed by atoms with Gasteiger partial charge in [-0.05, 0) is 90.4 Å². The molecule has 0 aliphatic carbocycles. The third-order valence-electron chi connectivity index (χ3n) is 1.16. The minimum absolute atomic E-state index is 0.0711. The summed E-state index contributed by atoms with van der Waals surface area (Å²) in [5.41, 5.74) is 0. The van der Waals surface area contributed by atoms with Crippen molar-refractivity contribution in [3.05, 3.63) is 25.9 Å². The van der Waals surface area contributed by atoms with E-state index in [1.54, 1.807) is 22.6 Å². The highest BCUT2D eigenvalue weighted by molar-refractivity contribution is 14.1. The number of hydrogen-bond donors (Lipinski definition) is 0. The van der Waals surface area contributed by atoms with Gasteiger partial charge in [0.15, 0.2) is 11.6 Å². The predicted octanol–water partition coefficient (Wildman–Crippen LogP) is 4.38. The molecule has 1 rings (SSSR count). The van der Waals surface area contributed by atoms with Crippen molar-refractivity contribution < 1.29 is 8.78 Å². The fourth-order valence-corrected chi connectivity index (χ4v) is 4.22. The largest absolute Gasteiger partial charge is 0.205 e. The summed E-state index contributed by atoms with van der Waals surface area (Å²) in [5.74, 6) is -0.919. The van der Waals surface area contributed by atoms with Gasteiger partial charge in [0, 0.05) is 3.57 Å². The molecular formula is C6F2I4. The average molecular weight is 618 g/mol. The molecule has 12 heavy (non-hydrogen) atoms. The molecule has 0 aliphatic heterocycles. The normalized spacial score (nSPS) is 10.5. The maximum Gasteiger partial charge on any atom is 0.153 e. The monoisotopic (exact) mass is 618 g/mol. The van der Waals surface area contributed by atoms with Crippen LogP contribution in [0.4, 0.5) is 8.78 Å². The lowest BCUT2D eigenvalue weighted by Crippen LogP contribution is -2.00. The molecular weight excluding hydrogens is 618 g/mol. The van der Waals surface area contributed by atoms with Crippen LogP contribution in [0, 0.1) is 25.9 Å². The fraction of sp³-hybridized carbons (Fsp3) is 0. The van der Waals surface area contributed by atoms with E-state index in [0.29, 0.717) is 10.7 Å². The van der Waals surface area contributed by atoms with Crippen molar-refractivity contribution >= 4 is 90.4 Å². The lowest BCUT2D eigenvalue weighted by Gasteiger charge is -2.05. The smallest absolute Gasteiger partial charge is 0.153 e. The number of rotatable bonds is 0. The summed E-state index contributed by atoms with van der Waals surface area (Å²) in [5, 5.41) is 0. The Bertz CT molecular complexity index is 232. The molecule has 0 spiro atoms. The van der Waals surface area contributed by atoms with E-state index in [4.69, 9.17) is 0 Å². The second-order valence-electron chi connectivity index (χ2n) is 1.88. The lowest BCUT2D eigenvalue weighted by molar-refractivity contribution is 0.558. The maximum atomic E-state index is 13.2. The third kappa shape index (κ3) is 2.15. The highest BCUT2D eigenvalue weighted by atomic mass is 127. The van der Waals surface area contributed by atoms with E-state index in [1.165, 1.54) is 0 Å². The van der Waals surface area contributed by atoms with Crippen LogP contribution in [-0.4, -0.2) is 0 Å².